The van der Waals surface area contributed by atoms with E-state index in [1.54, 1.807) is 6.07 Å². The molecule has 1 aliphatic heterocycles. The van der Waals surface area contributed by atoms with Gasteiger partial charge in [-0.1, -0.05) is 12.1 Å². The molecule has 1 fully saturated rings. The molecule has 1 heterocycles. The Bertz CT molecular complexity index is 442. The minimum absolute atomic E-state index is 0.232. The summed E-state index contributed by atoms with van der Waals surface area (Å²) < 4.78 is 19.2. The van der Waals surface area contributed by atoms with E-state index in [2.05, 4.69) is 9.80 Å². The van der Waals surface area contributed by atoms with Crippen LogP contribution in [-0.4, -0.2) is 56.2 Å². The molecule has 4 nitrogen and oxygen atoms in total. The molecule has 1 saturated heterocycles. The van der Waals surface area contributed by atoms with Crippen molar-refractivity contribution >= 4 is 0 Å². The lowest BCUT2D eigenvalue weighted by Gasteiger charge is -2.22. The van der Waals surface area contributed by atoms with Gasteiger partial charge in [-0.3, -0.25) is 4.90 Å². The van der Waals surface area contributed by atoms with E-state index < -0.39 is 0 Å². The summed E-state index contributed by atoms with van der Waals surface area (Å²) in [6, 6.07) is 5.35. The lowest BCUT2D eigenvalue weighted by molar-refractivity contribution is 0.248. The van der Waals surface area contributed by atoms with Gasteiger partial charge in [-0.15, -0.1) is 0 Å². The van der Waals surface area contributed by atoms with E-state index in [0.29, 0.717) is 17.9 Å². The Labute approximate surface area is 126 Å². The third kappa shape index (κ3) is 4.66. The van der Waals surface area contributed by atoms with Crippen LogP contribution < -0.4 is 10.5 Å². The van der Waals surface area contributed by atoms with Crippen molar-refractivity contribution in [3.05, 3.63) is 29.6 Å². The topological polar surface area (TPSA) is 41.7 Å². The zero-order valence-corrected chi connectivity index (χ0v) is 12.9. The Kier molecular flexibility index (Phi) is 6.42. The summed E-state index contributed by atoms with van der Waals surface area (Å²) in [6.07, 6.45) is 2.17. The minimum atomic E-state index is -0.232. The number of nitrogens with zero attached hydrogens (tertiary/aromatic N) is 2. The van der Waals surface area contributed by atoms with Crippen LogP contribution in [0.15, 0.2) is 18.2 Å². The maximum absolute atomic E-state index is 14.2. The fourth-order valence-electron chi connectivity index (χ4n) is 2.80. The highest BCUT2D eigenvalue weighted by molar-refractivity contribution is 5.30. The van der Waals surface area contributed by atoms with Crippen LogP contribution in [0.2, 0.25) is 0 Å². The summed E-state index contributed by atoms with van der Waals surface area (Å²) >= 11 is 0. The van der Waals surface area contributed by atoms with E-state index in [4.69, 9.17) is 10.5 Å². The SMILES string of the molecule is COc1cccc(CN2CCCN(CCCN)CC2)c1F. The van der Waals surface area contributed by atoms with Crippen LogP contribution in [0.5, 0.6) is 5.75 Å². The summed E-state index contributed by atoms with van der Waals surface area (Å²) in [7, 11) is 1.50. The Balaban J connectivity index is 1.91. The van der Waals surface area contributed by atoms with Crippen LogP contribution in [0.4, 0.5) is 4.39 Å². The van der Waals surface area contributed by atoms with Crippen molar-refractivity contribution in [2.45, 2.75) is 19.4 Å². The standard InChI is InChI=1S/C16H26FN3O/c1-21-15-6-2-5-14(16(15)17)13-20-10-4-9-19(11-12-20)8-3-7-18/h2,5-6H,3-4,7-13,18H2,1H3. The van der Waals surface area contributed by atoms with E-state index in [1.165, 1.54) is 7.11 Å². The van der Waals surface area contributed by atoms with E-state index in [1.807, 2.05) is 12.1 Å². The number of hydrogen-bond acceptors (Lipinski definition) is 4. The fourth-order valence-corrected chi connectivity index (χ4v) is 2.80. The van der Waals surface area contributed by atoms with Crippen molar-refractivity contribution in [3.63, 3.8) is 0 Å². The van der Waals surface area contributed by atoms with Crippen molar-refractivity contribution < 1.29 is 9.13 Å². The molecular formula is C16H26FN3O. The van der Waals surface area contributed by atoms with Crippen LogP contribution in [0, 0.1) is 5.82 Å². The summed E-state index contributed by atoms with van der Waals surface area (Å²) in [5, 5.41) is 0. The third-order valence-electron chi connectivity index (χ3n) is 4.02. The average molecular weight is 295 g/mol. The Morgan fingerprint density at radius 1 is 1.19 bits per heavy atom. The van der Waals surface area contributed by atoms with Gasteiger partial charge < -0.3 is 15.4 Å². The molecule has 1 aromatic rings. The molecule has 0 unspecified atom stereocenters. The van der Waals surface area contributed by atoms with Crippen molar-refractivity contribution in [2.24, 2.45) is 5.73 Å². The fraction of sp³-hybridized carbons (Fsp3) is 0.625. The summed E-state index contributed by atoms with van der Waals surface area (Å²) in [4.78, 5) is 4.77. The van der Waals surface area contributed by atoms with Crippen LogP contribution in [0.3, 0.4) is 0 Å². The highest BCUT2D eigenvalue weighted by Crippen LogP contribution is 2.21. The Morgan fingerprint density at radius 2 is 1.95 bits per heavy atom. The van der Waals surface area contributed by atoms with Crippen molar-refractivity contribution in [2.75, 3.05) is 46.4 Å². The van der Waals surface area contributed by atoms with E-state index >= 15 is 0 Å². The van der Waals surface area contributed by atoms with Crippen LogP contribution in [-0.2, 0) is 6.54 Å². The first-order valence-electron chi connectivity index (χ1n) is 7.70. The monoisotopic (exact) mass is 295 g/mol. The highest BCUT2D eigenvalue weighted by Gasteiger charge is 2.17. The second-order valence-electron chi connectivity index (χ2n) is 5.55. The maximum Gasteiger partial charge on any atom is 0.169 e. The van der Waals surface area contributed by atoms with Gasteiger partial charge in [0.25, 0.3) is 0 Å². The molecule has 5 heteroatoms. The minimum Gasteiger partial charge on any atom is -0.494 e. The lowest BCUT2D eigenvalue weighted by Crippen LogP contribution is -2.32. The molecule has 0 bridgehead atoms. The number of benzene rings is 1. The first-order valence-corrected chi connectivity index (χ1v) is 7.70. The smallest absolute Gasteiger partial charge is 0.169 e. The van der Waals surface area contributed by atoms with Gasteiger partial charge in [0, 0.05) is 25.2 Å². The first kappa shape index (κ1) is 16.2. The molecule has 0 amide bonds. The number of hydrogen-bond donors (Lipinski definition) is 1. The molecule has 21 heavy (non-hydrogen) atoms. The van der Waals surface area contributed by atoms with Gasteiger partial charge in [-0.25, -0.2) is 4.39 Å². The molecule has 1 aromatic carbocycles. The predicted octanol–water partition coefficient (Wildman–Crippen LogP) is 1.69. The lowest BCUT2D eigenvalue weighted by atomic mass is 10.2. The molecule has 0 spiro atoms. The van der Waals surface area contributed by atoms with Crippen LogP contribution >= 0.6 is 0 Å². The van der Waals surface area contributed by atoms with E-state index in [0.717, 1.165) is 52.1 Å². The van der Waals surface area contributed by atoms with Crippen molar-refractivity contribution in [3.8, 4) is 5.75 Å². The zero-order chi connectivity index (χ0) is 15.1. The molecule has 2 rings (SSSR count). The third-order valence-corrected chi connectivity index (χ3v) is 4.02. The normalized spacial score (nSPS) is 17.7. The molecule has 0 atom stereocenters. The summed E-state index contributed by atoms with van der Waals surface area (Å²) in [5.74, 6) is 0.0936. The maximum atomic E-state index is 14.2. The van der Waals surface area contributed by atoms with Crippen molar-refractivity contribution in [1.82, 2.24) is 9.80 Å². The van der Waals surface area contributed by atoms with Crippen LogP contribution in [0.1, 0.15) is 18.4 Å². The predicted molar refractivity (Wildman–Crippen MR) is 83.0 cm³/mol. The van der Waals surface area contributed by atoms with Crippen LogP contribution in [0.25, 0.3) is 0 Å². The quantitative estimate of drug-likeness (QED) is 0.867. The molecule has 2 N–H and O–H groups in total. The number of rotatable bonds is 6. The highest BCUT2D eigenvalue weighted by atomic mass is 19.1. The molecule has 0 aromatic heterocycles. The van der Waals surface area contributed by atoms with Gasteiger partial charge in [0.15, 0.2) is 11.6 Å². The number of halogens is 1. The summed E-state index contributed by atoms with van der Waals surface area (Å²) in [6.45, 7) is 6.58. The number of ether oxygens (including phenoxy) is 1. The van der Waals surface area contributed by atoms with E-state index in [9.17, 15) is 4.39 Å². The van der Waals surface area contributed by atoms with Gasteiger partial charge in [-0.05, 0) is 45.1 Å². The molecule has 118 valence electrons. The van der Waals surface area contributed by atoms with Gasteiger partial charge >= 0.3 is 0 Å². The van der Waals surface area contributed by atoms with Gasteiger partial charge in [0.1, 0.15) is 0 Å². The van der Waals surface area contributed by atoms with Gasteiger partial charge in [-0.2, -0.15) is 0 Å². The zero-order valence-electron chi connectivity index (χ0n) is 12.9. The first-order chi connectivity index (χ1) is 10.2. The molecular weight excluding hydrogens is 269 g/mol. The average Bonchev–Trinajstić information content (AvgIpc) is 2.72. The Morgan fingerprint density at radius 3 is 2.71 bits per heavy atom. The van der Waals surface area contributed by atoms with Gasteiger partial charge in [0.2, 0.25) is 0 Å². The molecule has 0 radical (unpaired) electrons. The number of methoxy groups -OCH3 is 1. The molecule has 0 aliphatic carbocycles. The Hall–Kier alpha value is -1.17. The molecule has 0 saturated carbocycles. The largest absolute Gasteiger partial charge is 0.494 e. The molecule has 1 aliphatic rings. The second kappa shape index (κ2) is 8.32. The van der Waals surface area contributed by atoms with Gasteiger partial charge in [0.05, 0.1) is 7.11 Å². The summed E-state index contributed by atoms with van der Waals surface area (Å²) in [5.41, 5.74) is 6.28. The van der Waals surface area contributed by atoms with Crippen molar-refractivity contribution in [1.29, 1.82) is 0 Å². The number of nitrogens with two attached hydrogens (primary N) is 1. The van der Waals surface area contributed by atoms with E-state index in [-0.39, 0.29) is 5.82 Å². The second-order valence-corrected chi connectivity index (χ2v) is 5.55.